The minimum absolute atomic E-state index is 0.0966. The molecule has 1 amide bonds. The van der Waals surface area contributed by atoms with Crippen LogP contribution in [0.4, 0.5) is 5.82 Å². The van der Waals surface area contributed by atoms with Gasteiger partial charge in [0.1, 0.15) is 5.82 Å². The third kappa shape index (κ3) is 2.88. The molecule has 1 saturated heterocycles. The number of hydrogen-bond donors (Lipinski definition) is 1. The van der Waals surface area contributed by atoms with E-state index in [-0.39, 0.29) is 17.9 Å². The Balaban J connectivity index is 1.69. The first-order valence-corrected chi connectivity index (χ1v) is 8.27. The summed E-state index contributed by atoms with van der Waals surface area (Å²) in [6.45, 7) is 1.08. The van der Waals surface area contributed by atoms with Crippen molar-refractivity contribution in [1.82, 2.24) is 9.88 Å². The van der Waals surface area contributed by atoms with Gasteiger partial charge in [-0.1, -0.05) is 0 Å². The molecule has 2 fully saturated rings. The SMILES string of the molecule is CN1CCC[C@H]1c1nc(NC(=O)C2CC2)ccc1-c1ccoc1. The van der Waals surface area contributed by atoms with Crippen molar-refractivity contribution in [2.45, 2.75) is 31.7 Å². The molecule has 23 heavy (non-hydrogen) atoms. The number of likely N-dealkylation sites (tertiary alicyclic amines) is 1. The Morgan fingerprint density at radius 1 is 1.30 bits per heavy atom. The lowest BCUT2D eigenvalue weighted by molar-refractivity contribution is -0.117. The summed E-state index contributed by atoms with van der Waals surface area (Å²) in [5.74, 6) is 0.937. The number of pyridine rings is 1. The Morgan fingerprint density at radius 3 is 2.83 bits per heavy atom. The van der Waals surface area contributed by atoms with Crippen LogP contribution in [-0.4, -0.2) is 29.4 Å². The lowest BCUT2D eigenvalue weighted by atomic mass is 10.0. The standard InChI is InChI=1S/C18H21N3O2/c1-21-9-2-3-15(21)17-14(13-8-10-23-11-13)6-7-16(19-17)20-18(22)12-4-5-12/h6-8,10-12,15H,2-5,9H2,1H3,(H,19,20,22)/t15-/m0/s1. The molecule has 2 aliphatic rings. The summed E-state index contributed by atoms with van der Waals surface area (Å²) in [6, 6.07) is 6.18. The molecule has 0 aromatic carbocycles. The van der Waals surface area contributed by atoms with Gasteiger partial charge in [0.25, 0.3) is 0 Å². The Bertz CT molecular complexity index is 707. The highest BCUT2D eigenvalue weighted by molar-refractivity contribution is 5.93. The van der Waals surface area contributed by atoms with Crippen LogP contribution in [0.3, 0.4) is 0 Å². The highest BCUT2D eigenvalue weighted by atomic mass is 16.3. The lowest BCUT2D eigenvalue weighted by Gasteiger charge is -2.22. The van der Waals surface area contributed by atoms with E-state index in [0.29, 0.717) is 5.82 Å². The van der Waals surface area contributed by atoms with Crippen LogP contribution in [0.1, 0.15) is 37.4 Å². The summed E-state index contributed by atoms with van der Waals surface area (Å²) in [4.78, 5) is 19.1. The van der Waals surface area contributed by atoms with Gasteiger partial charge in [0.2, 0.25) is 5.91 Å². The fourth-order valence-electron chi connectivity index (χ4n) is 3.29. The molecule has 0 bridgehead atoms. The van der Waals surface area contributed by atoms with Crippen molar-refractivity contribution < 1.29 is 9.21 Å². The van der Waals surface area contributed by atoms with Gasteiger partial charge in [-0.3, -0.25) is 9.69 Å². The van der Waals surface area contributed by atoms with Crippen molar-refractivity contribution in [3.8, 4) is 11.1 Å². The van der Waals surface area contributed by atoms with Gasteiger partial charge in [0, 0.05) is 17.0 Å². The average molecular weight is 311 g/mol. The third-order valence-corrected chi connectivity index (χ3v) is 4.79. The van der Waals surface area contributed by atoms with Gasteiger partial charge in [-0.15, -0.1) is 0 Å². The highest BCUT2D eigenvalue weighted by Gasteiger charge is 2.31. The number of carbonyl (C=O) groups is 1. The summed E-state index contributed by atoms with van der Waals surface area (Å²) in [5, 5.41) is 2.96. The molecule has 4 rings (SSSR count). The maximum atomic E-state index is 12.0. The van der Waals surface area contributed by atoms with Crippen molar-refractivity contribution in [3.05, 3.63) is 36.4 Å². The number of nitrogens with one attached hydrogen (secondary N) is 1. The molecule has 1 saturated carbocycles. The number of hydrogen-bond acceptors (Lipinski definition) is 4. The number of anilines is 1. The predicted molar refractivity (Wildman–Crippen MR) is 87.9 cm³/mol. The van der Waals surface area contributed by atoms with Crippen LogP contribution in [-0.2, 0) is 4.79 Å². The summed E-state index contributed by atoms with van der Waals surface area (Å²) >= 11 is 0. The number of rotatable bonds is 4. The van der Waals surface area contributed by atoms with E-state index in [2.05, 4.69) is 17.3 Å². The van der Waals surface area contributed by atoms with Gasteiger partial charge < -0.3 is 9.73 Å². The summed E-state index contributed by atoms with van der Waals surface area (Å²) in [6.07, 6.45) is 7.69. The summed E-state index contributed by atoms with van der Waals surface area (Å²) in [7, 11) is 2.13. The van der Waals surface area contributed by atoms with Gasteiger partial charge >= 0.3 is 0 Å². The van der Waals surface area contributed by atoms with Crippen LogP contribution < -0.4 is 5.32 Å². The lowest BCUT2D eigenvalue weighted by Crippen LogP contribution is -2.21. The first-order valence-electron chi connectivity index (χ1n) is 8.27. The second kappa shape index (κ2) is 5.81. The zero-order valence-electron chi connectivity index (χ0n) is 13.3. The molecule has 2 aromatic rings. The second-order valence-corrected chi connectivity index (χ2v) is 6.54. The van der Waals surface area contributed by atoms with Crippen LogP contribution in [0, 0.1) is 5.92 Å². The highest BCUT2D eigenvalue weighted by Crippen LogP contribution is 2.37. The molecule has 120 valence electrons. The van der Waals surface area contributed by atoms with Gasteiger partial charge in [0.15, 0.2) is 0 Å². The van der Waals surface area contributed by atoms with E-state index < -0.39 is 0 Å². The largest absolute Gasteiger partial charge is 0.472 e. The van der Waals surface area contributed by atoms with Crippen LogP contribution in [0.25, 0.3) is 11.1 Å². The Labute approximate surface area is 135 Å². The summed E-state index contributed by atoms with van der Waals surface area (Å²) < 4.78 is 5.24. The molecule has 2 aromatic heterocycles. The van der Waals surface area contributed by atoms with Crippen molar-refractivity contribution in [1.29, 1.82) is 0 Å². The number of amides is 1. The molecule has 0 radical (unpaired) electrons. The smallest absolute Gasteiger partial charge is 0.228 e. The van der Waals surface area contributed by atoms with E-state index in [9.17, 15) is 4.79 Å². The van der Waals surface area contributed by atoms with Gasteiger partial charge in [-0.2, -0.15) is 0 Å². The molecule has 0 spiro atoms. The van der Waals surface area contributed by atoms with Gasteiger partial charge in [-0.25, -0.2) is 4.98 Å². The normalized spacial score (nSPS) is 21.5. The van der Waals surface area contributed by atoms with Crippen molar-refractivity contribution in [3.63, 3.8) is 0 Å². The van der Waals surface area contributed by atoms with Gasteiger partial charge in [-0.05, 0) is 57.5 Å². The molecule has 5 heteroatoms. The monoisotopic (exact) mass is 311 g/mol. The topological polar surface area (TPSA) is 58.4 Å². The van der Waals surface area contributed by atoms with Crippen LogP contribution in [0.15, 0.2) is 35.1 Å². The summed E-state index contributed by atoms with van der Waals surface area (Å²) in [5.41, 5.74) is 3.15. The van der Waals surface area contributed by atoms with E-state index in [4.69, 9.17) is 9.40 Å². The second-order valence-electron chi connectivity index (χ2n) is 6.54. The van der Waals surface area contributed by atoms with E-state index >= 15 is 0 Å². The molecule has 1 atom stereocenters. The van der Waals surface area contributed by atoms with E-state index in [1.807, 2.05) is 18.2 Å². The zero-order chi connectivity index (χ0) is 15.8. The minimum Gasteiger partial charge on any atom is -0.472 e. The predicted octanol–water partition coefficient (Wildman–Crippen LogP) is 3.46. The Kier molecular flexibility index (Phi) is 3.65. The van der Waals surface area contributed by atoms with Gasteiger partial charge in [0.05, 0.1) is 24.3 Å². The van der Waals surface area contributed by atoms with Crippen LogP contribution >= 0.6 is 0 Å². The van der Waals surface area contributed by atoms with Crippen molar-refractivity contribution in [2.75, 3.05) is 18.9 Å². The molecular formula is C18H21N3O2. The fraction of sp³-hybridized carbons (Fsp3) is 0.444. The first kappa shape index (κ1) is 14.5. The number of aromatic nitrogens is 1. The van der Waals surface area contributed by atoms with E-state index in [0.717, 1.165) is 42.6 Å². The molecular weight excluding hydrogens is 290 g/mol. The third-order valence-electron chi connectivity index (χ3n) is 4.79. The first-order chi connectivity index (χ1) is 11.2. The van der Waals surface area contributed by atoms with E-state index in [1.165, 1.54) is 6.42 Å². The maximum Gasteiger partial charge on any atom is 0.228 e. The number of furan rings is 1. The van der Waals surface area contributed by atoms with Crippen LogP contribution in [0.5, 0.6) is 0 Å². The molecule has 1 N–H and O–H groups in total. The Hall–Kier alpha value is -2.14. The Morgan fingerprint density at radius 2 is 2.17 bits per heavy atom. The van der Waals surface area contributed by atoms with Crippen LogP contribution in [0.2, 0.25) is 0 Å². The maximum absolute atomic E-state index is 12.0. The van der Waals surface area contributed by atoms with Crippen molar-refractivity contribution >= 4 is 11.7 Å². The quantitative estimate of drug-likeness (QED) is 0.939. The molecule has 0 unspecified atom stereocenters. The number of carbonyl (C=O) groups excluding carboxylic acids is 1. The molecule has 3 heterocycles. The van der Waals surface area contributed by atoms with Crippen molar-refractivity contribution in [2.24, 2.45) is 5.92 Å². The number of nitrogens with zero attached hydrogens (tertiary/aromatic N) is 2. The minimum atomic E-state index is 0.0966. The van der Waals surface area contributed by atoms with E-state index in [1.54, 1.807) is 12.5 Å². The average Bonchev–Trinajstić information content (AvgIpc) is 3.09. The molecule has 5 nitrogen and oxygen atoms in total. The molecule has 1 aliphatic heterocycles. The molecule has 1 aliphatic carbocycles. The fourth-order valence-corrected chi connectivity index (χ4v) is 3.29. The zero-order valence-corrected chi connectivity index (χ0v) is 13.3.